The lowest BCUT2D eigenvalue weighted by Crippen LogP contribution is -2.40. The zero-order valence-corrected chi connectivity index (χ0v) is 14.2. The van der Waals surface area contributed by atoms with Gasteiger partial charge >= 0.3 is 0 Å². The van der Waals surface area contributed by atoms with E-state index in [1.165, 1.54) is 24.9 Å². The van der Waals surface area contributed by atoms with Crippen LogP contribution >= 0.6 is 0 Å². The molecule has 1 N–H and O–H groups in total. The van der Waals surface area contributed by atoms with Crippen LogP contribution in [0.1, 0.15) is 46.1 Å². The van der Waals surface area contributed by atoms with Crippen LogP contribution in [0.4, 0.5) is 5.69 Å². The molecule has 21 heavy (non-hydrogen) atoms. The Balaban J connectivity index is 1.99. The van der Waals surface area contributed by atoms with Gasteiger partial charge in [-0.3, -0.25) is 0 Å². The summed E-state index contributed by atoms with van der Waals surface area (Å²) in [7, 11) is 2.22. The molecule has 0 bridgehead atoms. The molecule has 1 aliphatic rings. The van der Waals surface area contributed by atoms with Crippen molar-refractivity contribution in [3.05, 3.63) is 23.8 Å². The van der Waals surface area contributed by atoms with Gasteiger partial charge in [-0.15, -0.1) is 0 Å². The van der Waals surface area contributed by atoms with Crippen molar-refractivity contribution >= 4 is 5.69 Å². The van der Waals surface area contributed by atoms with Gasteiger partial charge in [-0.05, 0) is 64.9 Å². The number of hydrogen-bond donors (Lipinski definition) is 1. The minimum absolute atomic E-state index is 0.123. The number of nitrogens with one attached hydrogen (secondary N) is 1. The Labute approximate surface area is 129 Å². The molecular weight excluding hydrogens is 260 g/mol. The van der Waals surface area contributed by atoms with E-state index in [2.05, 4.69) is 63.2 Å². The van der Waals surface area contributed by atoms with E-state index in [9.17, 15) is 0 Å². The van der Waals surface area contributed by atoms with Crippen LogP contribution < -0.4 is 10.1 Å². The van der Waals surface area contributed by atoms with Gasteiger partial charge in [0.15, 0.2) is 0 Å². The van der Waals surface area contributed by atoms with Gasteiger partial charge in [0.05, 0.1) is 12.2 Å². The van der Waals surface area contributed by atoms with Gasteiger partial charge in [-0.2, -0.15) is 0 Å². The fourth-order valence-electron chi connectivity index (χ4n) is 2.70. The third kappa shape index (κ3) is 4.37. The first-order valence-electron chi connectivity index (χ1n) is 8.17. The van der Waals surface area contributed by atoms with Gasteiger partial charge in [0, 0.05) is 6.04 Å². The first kappa shape index (κ1) is 16.2. The topological polar surface area (TPSA) is 24.5 Å². The number of unbranched alkanes of at least 4 members (excludes halogenated alkanes) is 1. The van der Waals surface area contributed by atoms with E-state index in [1.807, 2.05) is 0 Å². The molecule has 1 unspecified atom stereocenters. The Kier molecular flexibility index (Phi) is 5.15. The van der Waals surface area contributed by atoms with Gasteiger partial charge in [0.25, 0.3) is 0 Å². The summed E-state index contributed by atoms with van der Waals surface area (Å²) in [6.07, 6.45) is 3.61. The molecule has 1 heterocycles. The molecule has 0 radical (unpaired) electrons. The van der Waals surface area contributed by atoms with E-state index in [-0.39, 0.29) is 5.60 Å². The van der Waals surface area contributed by atoms with Crippen molar-refractivity contribution in [3.63, 3.8) is 0 Å². The highest BCUT2D eigenvalue weighted by molar-refractivity contribution is 5.60. The van der Waals surface area contributed by atoms with Crippen LogP contribution in [0.5, 0.6) is 5.75 Å². The van der Waals surface area contributed by atoms with Crippen molar-refractivity contribution in [1.82, 2.24) is 4.90 Å². The third-order valence-electron chi connectivity index (χ3n) is 4.28. The minimum Gasteiger partial charge on any atom is -0.484 e. The maximum Gasteiger partial charge on any atom is 0.143 e. The third-order valence-corrected chi connectivity index (χ3v) is 4.28. The van der Waals surface area contributed by atoms with Gasteiger partial charge in [-0.1, -0.05) is 19.4 Å². The predicted octanol–water partition coefficient (Wildman–Crippen LogP) is 3.93. The van der Waals surface area contributed by atoms with Crippen molar-refractivity contribution in [1.29, 1.82) is 0 Å². The van der Waals surface area contributed by atoms with E-state index >= 15 is 0 Å². The summed E-state index contributed by atoms with van der Waals surface area (Å²) < 4.78 is 6.01. The fraction of sp³-hybridized carbons (Fsp3) is 0.667. The second-order valence-corrected chi connectivity index (χ2v) is 6.93. The molecule has 0 saturated heterocycles. The summed E-state index contributed by atoms with van der Waals surface area (Å²) in [4.78, 5) is 2.45. The molecule has 0 aromatic heterocycles. The van der Waals surface area contributed by atoms with Crippen LogP contribution in [0.25, 0.3) is 0 Å². The Bertz CT molecular complexity index is 470. The van der Waals surface area contributed by atoms with Gasteiger partial charge in [0.2, 0.25) is 0 Å². The molecule has 3 heteroatoms. The molecular formula is C18H30N2O. The van der Waals surface area contributed by atoms with Gasteiger partial charge in [-0.25, -0.2) is 0 Å². The highest BCUT2D eigenvalue weighted by Gasteiger charge is 2.26. The van der Waals surface area contributed by atoms with Crippen molar-refractivity contribution < 1.29 is 4.74 Å². The first-order valence-corrected chi connectivity index (χ1v) is 8.17. The van der Waals surface area contributed by atoms with Gasteiger partial charge < -0.3 is 15.0 Å². The second kappa shape index (κ2) is 6.69. The number of fused-ring (bicyclic) bond motifs is 1. The Morgan fingerprint density at radius 2 is 2.14 bits per heavy atom. The molecule has 0 saturated carbocycles. The number of benzene rings is 1. The lowest BCUT2D eigenvalue weighted by Gasteiger charge is -2.34. The van der Waals surface area contributed by atoms with Crippen LogP contribution in [-0.4, -0.2) is 36.7 Å². The van der Waals surface area contributed by atoms with Crippen molar-refractivity contribution in [3.8, 4) is 5.75 Å². The number of ether oxygens (including phenoxy) is 1. The zero-order valence-electron chi connectivity index (χ0n) is 14.2. The lowest BCUT2D eigenvalue weighted by atomic mass is 10.0. The van der Waals surface area contributed by atoms with E-state index in [0.29, 0.717) is 6.04 Å². The summed E-state index contributed by atoms with van der Waals surface area (Å²) >= 11 is 0. The monoisotopic (exact) mass is 290 g/mol. The molecule has 1 aromatic carbocycles. The van der Waals surface area contributed by atoms with E-state index in [4.69, 9.17) is 4.74 Å². The highest BCUT2D eigenvalue weighted by Crippen LogP contribution is 2.33. The Morgan fingerprint density at radius 1 is 1.38 bits per heavy atom. The highest BCUT2D eigenvalue weighted by atomic mass is 16.5. The lowest BCUT2D eigenvalue weighted by molar-refractivity contribution is 0.116. The van der Waals surface area contributed by atoms with Crippen LogP contribution in [0, 0.1) is 0 Å². The number of nitrogens with zero attached hydrogens (tertiary/aromatic N) is 1. The zero-order chi connectivity index (χ0) is 15.5. The summed E-state index contributed by atoms with van der Waals surface area (Å²) in [5, 5.41) is 3.49. The van der Waals surface area contributed by atoms with Gasteiger partial charge in [0.1, 0.15) is 11.4 Å². The SMILES string of the molecule is CCCCN(C)C(C)Cc1ccc2c(c1)NCC(C)(C)O2. The van der Waals surface area contributed by atoms with Crippen molar-refractivity contribution in [2.45, 2.75) is 58.6 Å². The number of likely N-dealkylation sites (N-methyl/N-ethyl adjacent to an activating group) is 1. The summed E-state index contributed by atoms with van der Waals surface area (Å²) in [6, 6.07) is 7.12. The average Bonchev–Trinajstić information content (AvgIpc) is 2.44. The van der Waals surface area contributed by atoms with E-state index in [1.54, 1.807) is 0 Å². The van der Waals surface area contributed by atoms with Crippen LogP contribution in [-0.2, 0) is 6.42 Å². The Hall–Kier alpha value is -1.22. The second-order valence-electron chi connectivity index (χ2n) is 6.93. The van der Waals surface area contributed by atoms with E-state index in [0.717, 1.165) is 24.4 Å². The molecule has 0 spiro atoms. The fourth-order valence-corrected chi connectivity index (χ4v) is 2.70. The molecule has 0 amide bonds. The molecule has 118 valence electrons. The first-order chi connectivity index (χ1) is 9.91. The summed E-state index contributed by atoms with van der Waals surface area (Å²) in [5.74, 6) is 0.974. The largest absolute Gasteiger partial charge is 0.484 e. The molecule has 0 fully saturated rings. The average molecular weight is 290 g/mol. The molecule has 1 atom stereocenters. The number of rotatable bonds is 6. The predicted molar refractivity (Wildman–Crippen MR) is 90.3 cm³/mol. The number of anilines is 1. The Morgan fingerprint density at radius 3 is 2.86 bits per heavy atom. The van der Waals surface area contributed by atoms with E-state index < -0.39 is 0 Å². The minimum atomic E-state index is -0.123. The van der Waals surface area contributed by atoms with Crippen LogP contribution in [0.2, 0.25) is 0 Å². The molecule has 1 aromatic rings. The smallest absolute Gasteiger partial charge is 0.143 e. The normalized spacial score (nSPS) is 17.8. The number of hydrogen-bond acceptors (Lipinski definition) is 3. The maximum absolute atomic E-state index is 6.01. The van der Waals surface area contributed by atoms with Crippen LogP contribution in [0.15, 0.2) is 18.2 Å². The van der Waals surface area contributed by atoms with Crippen molar-refractivity contribution in [2.24, 2.45) is 0 Å². The summed E-state index contributed by atoms with van der Waals surface area (Å²) in [5.41, 5.74) is 2.39. The standard InChI is InChI=1S/C18H30N2O/c1-6-7-10-20(5)14(2)11-15-8-9-17-16(12-15)19-13-18(3,4)21-17/h8-9,12,14,19H,6-7,10-11,13H2,1-5H3. The maximum atomic E-state index is 6.01. The molecule has 0 aliphatic carbocycles. The van der Waals surface area contributed by atoms with Crippen LogP contribution in [0.3, 0.4) is 0 Å². The quantitative estimate of drug-likeness (QED) is 0.859. The molecule has 1 aliphatic heterocycles. The van der Waals surface area contributed by atoms with Crippen molar-refractivity contribution in [2.75, 3.05) is 25.5 Å². The summed E-state index contributed by atoms with van der Waals surface area (Å²) in [6.45, 7) is 10.8. The molecule has 3 nitrogen and oxygen atoms in total. The molecule has 2 rings (SSSR count).